The number of benzene rings is 4. The van der Waals surface area contributed by atoms with Gasteiger partial charge in [-0.1, -0.05) is 107 Å². The van der Waals surface area contributed by atoms with Crippen LogP contribution in [-0.4, -0.2) is 223 Å². The first-order valence-electron chi connectivity index (χ1n) is 29.7. The molecule has 2 fully saturated rings. The molecule has 0 saturated carbocycles. The Morgan fingerprint density at radius 1 is 0.582 bits per heavy atom. The number of carboxylic acids is 1. The second kappa shape index (κ2) is 37.7. The number of carbonyl (C=O) groups is 8. The summed E-state index contributed by atoms with van der Waals surface area (Å²) in [6.45, 7) is 1.64. The molecule has 0 bridgehead atoms. The number of carboxylic acid groups (broad SMARTS) is 1. The van der Waals surface area contributed by atoms with Gasteiger partial charge in [-0.15, -0.1) is 0 Å². The lowest BCUT2D eigenvalue weighted by Crippen LogP contribution is -2.68. The SMILES string of the molecule is CC(=O)N[C@H]1[C@H]([C@H](O)[C@H](O)CNC(=O)c2ccc(-c3ccccc3)cc2)O[C@](C=O)(OCCCSCCNC(=O)CSSCC(=O)CCCSCCCO[C@]2(C(=O)O)C[C@H](O)[C@@H](NC(C)=O)C([C@H](O)[C@H](O)CNC(=O)c3ccc(-c4ccccc4)cc3)O2)C[C@@H]1O. The maximum Gasteiger partial charge on any atom is 0.364 e. The lowest BCUT2D eigenvalue weighted by atomic mass is 9.88. The molecule has 2 heterocycles. The van der Waals surface area contributed by atoms with E-state index in [-0.39, 0.29) is 48.4 Å². The van der Waals surface area contributed by atoms with E-state index in [0.29, 0.717) is 67.1 Å². The second-order valence-corrected chi connectivity index (χ2v) is 26.6. The van der Waals surface area contributed by atoms with Crippen LogP contribution in [0.5, 0.6) is 0 Å². The number of thioether (sulfide) groups is 2. The van der Waals surface area contributed by atoms with Gasteiger partial charge in [0.15, 0.2) is 6.29 Å². The number of aliphatic hydroxyl groups excluding tert-OH is 6. The Morgan fingerprint density at radius 2 is 1.03 bits per heavy atom. The van der Waals surface area contributed by atoms with Gasteiger partial charge >= 0.3 is 5.97 Å². The predicted molar refractivity (Wildman–Crippen MR) is 346 cm³/mol. The summed E-state index contributed by atoms with van der Waals surface area (Å²) in [6, 6.07) is 30.0. The van der Waals surface area contributed by atoms with Crippen molar-refractivity contribution in [3.8, 4) is 22.3 Å². The van der Waals surface area contributed by atoms with E-state index in [1.807, 2.05) is 60.7 Å². The van der Waals surface area contributed by atoms with Gasteiger partial charge < -0.3 is 81.3 Å². The van der Waals surface area contributed by atoms with Gasteiger partial charge in [0, 0.05) is 69.6 Å². The van der Waals surface area contributed by atoms with Gasteiger partial charge in [-0.2, -0.15) is 23.5 Å². The van der Waals surface area contributed by atoms with Crippen molar-refractivity contribution in [1.82, 2.24) is 26.6 Å². The smallest absolute Gasteiger partial charge is 0.364 e. The van der Waals surface area contributed by atoms with E-state index < -0.39 is 122 Å². The van der Waals surface area contributed by atoms with Crippen molar-refractivity contribution in [2.75, 3.05) is 67.4 Å². The number of ketones is 1. The Morgan fingerprint density at radius 3 is 1.53 bits per heavy atom. The van der Waals surface area contributed by atoms with Crippen LogP contribution in [0.1, 0.15) is 73.1 Å². The van der Waals surface area contributed by atoms with Gasteiger partial charge in [-0.05, 0) is 83.0 Å². The van der Waals surface area contributed by atoms with E-state index in [0.717, 1.165) is 29.2 Å². The summed E-state index contributed by atoms with van der Waals surface area (Å²) in [5, 5.41) is 90.0. The molecule has 0 aromatic heterocycles. The van der Waals surface area contributed by atoms with Gasteiger partial charge in [0.1, 0.15) is 30.2 Å². The summed E-state index contributed by atoms with van der Waals surface area (Å²) >= 11 is 3.02. The molecule has 4 aromatic carbocycles. The number of carbonyl (C=O) groups excluding carboxylic acids is 7. The zero-order chi connectivity index (χ0) is 65.9. The first-order valence-corrected chi connectivity index (χ1v) is 34.5. The topological polar surface area (TPSA) is 375 Å². The lowest BCUT2D eigenvalue weighted by Gasteiger charge is -2.46. The van der Waals surface area contributed by atoms with Crippen LogP contribution in [-0.2, 0) is 47.7 Å². The van der Waals surface area contributed by atoms with E-state index in [1.165, 1.54) is 52.0 Å². The molecule has 28 heteroatoms. The quantitative estimate of drug-likeness (QED) is 0.0174. The minimum absolute atomic E-state index is 0.00439. The Labute approximate surface area is 544 Å². The summed E-state index contributed by atoms with van der Waals surface area (Å²) in [5.41, 5.74) is 4.27. The fraction of sp³-hybridized carbons (Fsp3) is 0.492. The second-order valence-electron chi connectivity index (χ2n) is 21.7. The Bertz CT molecular complexity index is 2980. The number of amides is 5. The highest BCUT2D eigenvalue weighted by Crippen LogP contribution is 2.35. The third-order valence-corrected chi connectivity index (χ3v) is 19.1. The van der Waals surface area contributed by atoms with Crippen LogP contribution in [0.25, 0.3) is 22.3 Å². The van der Waals surface area contributed by atoms with E-state index in [9.17, 15) is 74.1 Å². The molecule has 0 spiro atoms. The van der Waals surface area contributed by atoms with E-state index in [1.54, 1.807) is 48.5 Å². The van der Waals surface area contributed by atoms with Crippen molar-refractivity contribution >= 4 is 92.7 Å². The van der Waals surface area contributed by atoms with Gasteiger partial charge in [-0.25, -0.2) is 4.79 Å². The highest BCUT2D eigenvalue weighted by Gasteiger charge is 2.56. The minimum atomic E-state index is -2.46. The summed E-state index contributed by atoms with van der Waals surface area (Å²) in [6.07, 6.45) is -12.3. The molecule has 4 aromatic rings. The summed E-state index contributed by atoms with van der Waals surface area (Å²) < 4.78 is 23.4. The molecule has 0 radical (unpaired) electrons. The zero-order valence-corrected chi connectivity index (χ0v) is 53.7. The first-order chi connectivity index (χ1) is 43.6. The fourth-order valence-electron chi connectivity index (χ4n) is 9.97. The molecule has 2 saturated heterocycles. The Kier molecular flexibility index (Phi) is 30.7. The number of rotatable bonds is 38. The zero-order valence-electron chi connectivity index (χ0n) is 50.4. The van der Waals surface area contributed by atoms with Crippen LogP contribution in [0, 0.1) is 0 Å². The number of aldehydes is 1. The van der Waals surface area contributed by atoms with Gasteiger partial charge in [0.2, 0.25) is 23.5 Å². The molecular formula is C63H81N5O19S4. The third-order valence-electron chi connectivity index (χ3n) is 14.7. The molecule has 12 atom stereocenters. The molecule has 24 nitrogen and oxygen atoms in total. The van der Waals surface area contributed by atoms with Gasteiger partial charge in [0.25, 0.3) is 17.6 Å². The van der Waals surface area contributed by atoms with Crippen LogP contribution >= 0.6 is 45.1 Å². The molecule has 496 valence electrons. The van der Waals surface area contributed by atoms with Crippen LogP contribution in [0.15, 0.2) is 109 Å². The van der Waals surface area contributed by atoms with E-state index in [4.69, 9.17) is 18.9 Å². The molecular weight excluding hydrogens is 1260 g/mol. The fourth-order valence-corrected chi connectivity index (χ4v) is 13.5. The number of Topliss-reactive ketones (excluding diaryl/α,β-unsaturated/α-hetero) is 1. The van der Waals surface area contributed by atoms with Crippen molar-refractivity contribution in [2.45, 2.75) is 125 Å². The predicted octanol–water partition coefficient (Wildman–Crippen LogP) is 2.74. The molecule has 2 aliphatic heterocycles. The number of nitrogens with one attached hydrogen (secondary N) is 5. The molecule has 91 heavy (non-hydrogen) atoms. The van der Waals surface area contributed by atoms with Crippen molar-refractivity contribution in [3.05, 3.63) is 120 Å². The lowest BCUT2D eigenvalue weighted by molar-refractivity contribution is -0.310. The van der Waals surface area contributed by atoms with Crippen molar-refractivity contribution in [3.63, 3.8) is 0 Å². The minimum Gasteiger partial charge on any atom is -0.477 e. The van der Waals surface area contributed by atoms with Crippen molar-refractivity contribution < 1.29 is 93.0 Å². The maximum absolute atomic E-state index is 13.0. The molecule has 0 aliphatic carbocycles. The van der Waals surface area contributed by atoms with Crippen LogP contribution in [0.2, 0.25) is 0 Å². The standard InChI is InChI=1S/C63H81N5O19S4/c1-39(70)67-53-48(73)32-62(38-69,86-57(53)55(78)50(75)34-65-59(80)45-21-17-43(18-22-45)41-12-5-3-6-13-41)84-26-10-30-89-31-25-64-52(77)37-91-90-36-47(72)16-9-28-88-29-11-27-85-63(61(82)83)33-49(74)54(68-40(2)71)58(87-63)56(79)51(76)35-66-60(81)46-23-19-44(20-24-46)42-14-7-4-8-15-42/h3-8,12-15,17-24,38,48-51,53-58,73-76,78-79H,9-11,16,25-37H2,1-2H3,(H,64,77)(H,65,80)(H,66,81)(H,67,70)(H,68,71)(H,82,83)/t48-,49-,50+,51+,53+,54+,55+,56+,57+,58?,62+,63+/m0/s1. The largest absolute Gasteiger partial charge is 0.477 e. The number of hydrogen-bond acceptors (Lipinski definition) is 22. The molecule has 6 rings (SSSR count). The number of aliphatic hydroxyl groups is 6. The highest BCUT2D eigenvalue weighted by atomic mass is 33.1. The molecule has 1 unspecified atom stereocenters. The number of hydrogen-bond donors (Lipinski definition) is 12. The number of aliphatic carboxylic acids is 1. The van der Waals surface area contributed by atoms with Crippen LogP contribution < -0.4 is 26.6 Å². The molecule has 5 amide bonds. The first kappa shape index (κ1) is 74.1. The summed E-state index contributed by atoms with van der Waals surface area (Å²) in [5.74, 6) is -6.00. The normalized spacial score (nSPS) is 22.7. The van der Waals surface area contributed by atoms with Gasteiger partial charge in [-0.3, -0.25) is 33.6 Å². The van der Waals surface area contributed by atoms with E-state index >= 15 is 0 Å². The summed E-state index contributed by atoms with van der Waals surface area (Å²) in [4.78, 5) is 100. The summed E-state index contributed by atoms with van der Waals surface area (Å²) in [7, 11) is 2.52. The van der Waals surface area contributed by atoms with Crippen LogP contribution in [0.4, 0.5) is 0 Å². The Balaban J connectivity index is 0.804. The monoisotopic (exact) mass is 1340 g/mol. The molecule has 12 N–H and O–H groups in total. The van der Waals surface area contributed by atoms with Gasteiger partial charge in [0.05, 0.1) is 61.2 Å². The average molecular weight is 1340 g/mol. The maximum atomic E-state index is 13.0. The van der Waals surface area contributed by atoms with Crippen molar-refractivity contribution in [2.24, 2.45) is 0 Å². The average Bonchev–Trinajstić information content (AvgIpc) is 0.817. The van der Waals surface area contributed by atoms with E-state index in [2.05, 4.69) is 26.6 Å². The van der Waals surface area contributed by atoms with Crippen LogP contribution in [0.3, 0.4) is 0 Å². The molecule has 2 aliphatic rings. The number of ether oxygens (including phenoxy) is 4. The van der Waals surface area contributed by atoms with Crippen molar-refractivity contribution in [1.29, 1.82) is 0 Å². The Hall–Kier alpha value is -5.96. The third kappa shape index (κ3) is 23.2. The highest BCUT2D eigenvalue weighted by molar-refractivity contribution is 8.77.